The molecule has 5 heteroatoms. The topological polar surface area (TPSA) is 58.6 Å². The maximum absolute atomic E-state index is 10.1. The summed E-state index contributed by atoms with van der Waals surface area (Å²) in [5, 5.41) is 12.4. The number of aliphatic imine (C=N–C) groups is 1. The Hall–Kier alpha value is -3.19. The minimum atomic E-state index is 0.234. The Kier molecular flexibility index (Phi) is 4.52. The van der Waals surface area contributed by atoms with E-state index in [9.17, 15) is 5.11 Å². The predicted molar refractivity (Wildman–Crippen MR) is 125 cm³/mol. The van der Waals surface area contributed by atoms with Gasteiger partial charge in [0.05, 0.1) is 9.26 Å². The van der Waals surface area contributed by atoms with Crippen molar-refractivity contribution in [3.63, 3.8) is 0 Å². The highest BCUT2D eigenvalue weighted by Gasteiger charge is 2.11. The van der Waals surface area contributed by atoms with Gasteiger partial charge in [0.15, 0.2) is 5.58 Å². The van der Waals surface area contributed by atoms with Gasteiger partial charge in [0.25, 0.3) is 0 Å². The van der Waals surface area contributed by atoms with E-state index in [0.29, 0.717) is 17.0 Å². The number of nitrogens with zero attached hydrogens (tertiary/aromatic N) is 2. The van der Waals surface area contributed by atoms with Gasteiger partial charge in [-0.1, -0.05) is 42.5 Å². The third kappa shape index (κ3) is 3.38. The Labute approximate surface area is 180 Å². The Morgan fingerprint density at radius 3 is 2.69 bits per heavy atom. The fourth-order valence-corrected chi connectivity index (χ4v) is 3.82. The minimum absolute atomic E-state index is 0.234. The van der Waals surface area contributed by atoms with Crippen molar-refractivity contribution in [1.82, 2.24) is 4.98 Å². The molecule has 4 aromatic carbocycles. The standard InChI is InChI=1S/C24H15IN2O2/c25-20-10-4-7-16(23(20)28)14-26-17-11-12-22-21(13-17)27-24(29-22)19-9-3-6-15-5-1-2-8-18(15)19/h1-14,28H. The summed E-state index contributed by atoms with van der Waals surface area (Å²) in [4.78, 5) is 9.18. The molecule has 0 unspecified atom stereocenters. The van der Waals surface area contributed by atoms with Gasteiger partial charge in [-0.25, -0.2) is 4.98 Å². The number of benzene rings is 4. The molecule has 0 saturated heterocycles. The summed E-state index contributed by atoms with van der Waals surface area (Å²) >= 11 is 2.10. The highest BCUT2D eigenvalue weighted by Crippen LogP contribution is 2.32. The summed E-state index contributed by atoms with van der Waals surface area (Å²) in [5.41, 5.74) is 3.84. The lowest BCUT2D eigenvalue weighted by Gasteiger charge is -2.01. The molecule has 0 atom stereocenters. The second-order valence-electron chi connectivity index (χ2n) is 6.63. The van der Waals surface area contributed by atoms with Crippen molar-refractivity contribution in [3.05, 3.63) is 88.0 Å². The average Bonchev–Trinajstić information content (AvgIpc) is 3.17. The summed E-state index contributed by atoms with van der Waals surface area (Å²) in [7, 11) is 0. The van der Waals surface area contributed by atoms with Crippen molar-refractivity contribution in [3.8, 4) is 17.2 Å². The van der Waals surface area contributed by atoms with E-state index in [4.69, 9.17) is 4.42 Å². The van der Waals surface area contributed by atoms with Crippen LogP contribution in [-0.2, 0) is 0 Å². The van der Waals surface area contributed by atoms with Gasteiger partial charge in [-0.05, 0) is 69.8 Å². The molecule has 0 amide bonds. The number of hydrogen-bond donors (Lipinski definition) is 1. The molecule has 1 N–H and O–H groups in total. The SMILES string of the molecule is Oc1c(I)cccc1C=Nc1ccc2oc(-c3cccc4ccccc34)nc2c1. The maximum atomic E-state index is 10.1. The molecule has 0 aliphatic carbocycles. The summed E-state index contributed by atoms with van der Waals surface area (Å²) in [6.45, 7) is 0. The van der Waals surface area contributed by atoms with E-state index in [-0.39, 0.29) is 5.75 Å². The average molecular weight is 490 g/mol. The molecule has 5 aromatic rings. The summed E-state index contributed by atoms with van der Waals surface area (Å²) < 4.78 is 6.80. The summed E-state index contributed by atoms with van der Waals surface area (Å²) in [6, 6.07) is 25.5. The number of fused-ring (bicyclic) bond motifs is 2. The second kappa shape index (κ2) is 7.33. The number of aromatic nitrogens is 1. The molecule has 140 valence electrons. The molecule has 0 spiro atoms. The molecule has 0 aliphatic rings. The Morgan fingerprint density at radius 2 is 1.76 bits per heavy atom. The maximum Gasteiger partial charge on any atom is 0.227 e. The largest absolute Gasteiger partial charge is 0.506 e. The van der Waals surface area contributed by atoms with Crippen LogP contribution in [0.25, 0.3) is 33.3 Å². The molecular weight excluding hydrogens is 475 g/mol. The van der Waals surface area contributed by atoms with Crippen LogP contribution in [-0.4, -0.2) is 16.3 Å². The van der Waals surface area contributed by atoms with Gasteiger partial charge in [-0.3, -0.25) is 4.99 Å². The van der Waals surface area contributed by atoms with Crippen molar-refractivity contribution < 1.29 is 9.52 Å². The quantitative estimate of drug-likeness (QED) is 0.226. The first-order chi connectivity index (χ1) is 14.2. The van der Waals surface area contributed by atoms with E-state index in [2.05, 4.69) is 50.8 Å². The molecule has 1 heterocycles. The zero-order chi connectivity index (χ0) is 19.8. The van der Waals surface area contributed by atoms with Crippen LogP contribution in [0.2, 0.25) is 0 Å². The summed E-state index contributed by atoms with van der Waals surface area (Å²) in [5.74, 6) is 0.825. The highest BCUT2D eigenvalue weighted by atomic mass is 127. The third-order valence-corrected chi connectivity index (χ3v) is 5.63. The first-order valence-electron chi connectivity index (χ1n) is 9.09. The van der Waals surface area contributed by atoms with E-state index in [1.54, 1.807) is 6.21 Å². The van der Waals surface area contributed by atoms with Crippen molar-refractivity contribution >= 4 is 56.4 Å². The van der Waals surface area contributed by atoms with Crippen LogP contribution in [0.3, 0.4) is 0 Å². The lowest BCUT2D eigenvalue weighted by molar-refractivity contribution is 0.470. The number of rotatable bonds is 3. The van der Waals surface area contributed by atoms with Crippen molar-refractivity contribution in [1.29, 1.82) is 0 Å². The van der Waals surface area contributed by atoms with E-state index in [1.807, 2.05) is 60.7 Å². The van der Waals surface area contributed by atoms with Gasteiger partial charge in [0, 0.05) is 17.3 Å². The second-order valence-corrected chi connectivity index (χ2v) is 7.80. The minimum Gasteiger partial charge on any atom is -0.506 e. The van der Waals surface area contributed by atoms with Gasteiger partial charge in [0.1, 0.15) is 11.3 Å². The normalized spacial score (nSPS) is 11.6. The smallest absolute Gasteiger partial charge is 0.227 e. The molecular formula is C24H15IN2O2. The van der Waals surface area contributed by atoms with E-state index in [0.717, 1.165) is 31.1 Å². The van der Waals surface area contributed by atoms with Crippen LogP contribution in [0.1, 0.15) is 5.56 Å². The molecule has 0 fully saturated rings. The first-order valence-corrected chi connectivity index (χ1v) is 10.2. The van der Waals surface area contributed by atoms with Crippen LogP contribution in [0.4, 0.5) is 5.69 Å². The fraction of sp³-hybridized carbons (Fsp3) is 0. The third-order valence-electron chi connectivity index (χ3n) is 4.76. The van der Waals surface area contributed by atoms with E-state index >= 15 is 0 Å². The lowest BCUT2D eigenvalue weighted by Crippen LogP contribution is -1.84. The predicted octanol–water partition coefficient (Wildman–Crippen LogP) is 6.71. The first kappa shape index (κ1) is 17.9. The Balaban J connectivity index is 1.54. The highest BCUT2D eigenvalue weighted by molar-refractivity contribution is 14.1. The summed E-state index contributed by atoms with van der Waals surface area (Å²) in [6.07, 6.45) is 1.66. The van der Waals surface area contributed by atoms with E-state index < -0.39 is 0 Å². The molecule has 0 radical (unpaired) electrons. The number of para-hydroxylation sites is 1. The molecule has 29 heavy (non-hydrogen) atoms. The van der Waals surface area contributed by atoms with Gasteiger partial charge >= 0.3 is 0 Å². The van der Waals surface area contributed by atoms with Gasteiger partial charge in [-0.15, -0.1) is 0 Å². The van der Waals surface area contributed by atoms with Crippen LogP contribution in [0, 0.1) is 3.57 Å². The molecule has 0 saturated carbocycles. The van der Waals surface area contributed by atoms with Gasteiger partial charge < -0.3 is 9.52 Å². The molecule has 1 aromatic heterocycles. The van der Waals surface area contributed by atoms with Gasteiger partial charge in [-0.2, -0.15) is 0 Å². The molecule has 0 bridgehead atoms. The number of phenols is 1. The number of aromatic hydroxyl groups is 1. The van der Waals surface area contributed by atoms with Crippen LogP contribution in [0.5, 0.6) is 5.75 Å². The van der Waals surface area contributed by atoms with Gasteiger partial charge in [0.2, 0.25) is 5.89 Å². The zero-order valence-electron chi connectivity index (χ0n) is 15.2. The van der Waals surface area contributed by atoms with Crippen molar-refractivity contribution in [2.24, 2.45) is 4.99 Å². The van der Waals surface area contributed by atoms with E-state index in [1.165, 1.54) is 0 Å². The Morgan fingerprint density at radius 1 is 0.931 bits per heavy atom. The van der Waals surface area contributed by atoms with Crippen LogP contribution >= 0.6 is 22.6 Å². The number of phenolic OH excluding ortho intramolecular Hbond substituents is 1. The van der Waals surface area contributed by atoms with Crippen LogP contribution in [0.15, 0.2) is 88.3 Å². The van der Waals surface area contributed by atoms with Crippen molar-refractivity contribution in [2.45, 2.75) is 0 Å². The monoisotopic (exact) mass is 490 g/mol. The molecule has 0 aliphatic heterocycles. The zero-order valence-corrected chi connectivity index (χ0v) is 17.4. The molecule has 5 rings (SSSR count). The Bertz CT molecular complexity index is 1380. The van der Waals surface area contributed by atoms with Crippen LogP contribution < -0.4 is 0 Å². The number of halogens is 1. The lowest BCUT2D eigenvalue weighted by atomic mass is 10.0. The number of oxazole rings is 1. The number of hydrogen-bond acceptors (Lipinski definition) is 4. The molecule has 4 nitrogen and oxygen atoms in total. The fourth-order valence-electron chi connectivity index (χ4n) is 3.30. The van der Waals surface area contributed by atoms with Crippen molar-refractivity contribution in [2.75, 3.05) is 0 Å².